The van der Waals surface area contributed by atoms with E-state index < -0.39 is 23.1 Å². The molecule has 2 aromatic carbocycles. The van der Waals surface area contributed by atoms with Gasteiger partial charge in [0.2, 0.25) is 5.95 Å². The number of carbonyl (C=O) groups excluding carboxylic acids is 1. The molecule has 6 rings (SSSR count). The van der Waals surface area contributed by atoms with Crippen molar-refractivity contribution in [3.05, 3.63) is 93.0 Å². The molecule has 0 radical (unpaired) electrons. The normalized spacial score (nSPS) is 11.2. The molecule has 16 nitrogen and oxygen atoms in total. The number of nitrogens with zero attached hydrogens (tertiary/aromatic N) is 9. The molecule has 0 aliphatic rings. The quantitative estimate of drug-likeness (QED) is 0.218. The second-order valence-corrected chi connectivity index (χ2v) is 9.80. The van der Waals surface area contributed by atoms with Crippen molar-refractivity contribution < 1.29 is 9.18 Å². The largest absolute Gasteiger partial charge is 0.366 e. The van der Waals surface area contributed by atoms with Gasteiger partial charge in [0.1, 0.15) is 23.2 Å². The Morgan fingerprint density at radius 2 is 2.00 bits per heavy atom. The molecule has 4 heterocycles. The molecule has 0 fully saturated rings. The van der Waals surface area contributed by atoms with Gasteiger partial charge in [-0.05, 0) is 38.4 Å². The average Bonchev–Trinajstić information content (AvgIpc) is 3.72. The summed E-state index contributed by atoms with van der Waals surface area (Å²) in [4.78, 5) is 52.4. The van der Waals surface area contributed by atoms with Crippen LogP contribution in [0, 0.1) is 17.1 Å². The number of nitrogens with two attached hydrogens (primary N) is 1. The highest BCUT2D eigenvalue weighted by molar-refractivity contribution is 5.93. The van der Waals surface area contributed by atoms with Gasteiger partial charge < -0.3 is 25.5 Å². The molecule has 220 valence electrons. The maximum Gasteiger partial charge on any atom is 0.337 e. The number of hydrogen-bond acceptors (Lipinski definition) is 10. The number of nitriles is 1. The van der Waals surface area contributed by atoms with E-state index in [4.69, 9.17) is 5.73 Å². The maximum atomic E-state index is 15.2. The monoisotopic (exact) mass is 595 g/mol. The number of rotatable bonds is 6. The van der Waals surface area contributed by atoms with Crippen LogP contribution in [0.1, 0.15) is 11.5 Å². The van der Waals surface area contributed by atoms with Crippen LogP contribution in [0.5, 0.6) is 0 Å². The number of aromatic nitrogens is 9. The lowest BCUT2D eigenvalue weighted by Gasteiger charge is -2.13. The molecule has 0 atom stereocenters. The van der Waals surface area contributed by atoms with Gasteiger partial charge in [-0.2, -0.15) is 19.9 Å². The zero-order valence-electron chi connectivity index (χ0n) is 23.1. The van der Waals surface area contributed by atoms with Crippen molar-refractivity contribution in [2.24, 2.45) is 0 Å². The van der Waals surface area contributed by atoms with Crippen LogP contribution in [0.25, 0.3) is 33.8 Å². The lowest BCUT2D eigenvalue weighted by atomic mass is 10.2. The number of aromatic amines is 2. The summed E-state index contributed by atoms with van der Waals surface area (Å²) in [5.74, 6) is 0.214. The molecule has 1 amide bonds. The molecular formula is C27H22FN13O3. The molecule has 0 saturated heterocycles. The van der Waals surface area contributed by atoms with Crippen molar-refractivity contribution in [2.75, 3.05) is 25.1 Å². The summed E-state index contributed by atoms with van der Waals surface area (Å²) >= 11 is 0. The Kier molecular flexibility index (Phi) is 6.79. The van der Waals surface area contributed by atoms with Crippen molar-refractivity contribution in [3.63, 3.8) is 0 Å². The second-order valence-electron chi connectivity index (χ2n) is 9.80. The number of nitrogens with one attached hydrogen (secondary N) is 3. The Bertz CT molecular complexity index is 2230. The van der Waals surface area contributed by atoms with Crippen LogP contribution in [0.15, 0.2) is 64.4 Å². The summed E-state index contributed by atoms with van der Waals surface area (Å²) < 4.78 is 18.3. The topological polar surface area (TPSA) is 214 Å². The zero-order valence-corrected chi connectivity index (χ0v) is 23.1. The summed E-state index contributed by atoms with van der Waals surface area (Å²) in [6, 6.07) is 11.2. The predicted octanol–water partition coefficient (Wildman–Crippen LogP) is 1.58. The highest BCUT2D eigenvalue weighted by atomic mass is 19.1. The Hall–Kier alpha value is -6.41. The Morgan fingerprint density at radius 1 is 1.18 bits per heavy atom. The van der Waals surface area contributed by atoms with Gasteiger partial charge in [0.15, 0.2) is 17.0 Å². The summed E-state index contributed by atoms with van der Waals surface area (Å²) in [7, 11) is 3.75. The number of anilines is 2. The van der Waals surface area contributed by atoms with E-state index in [1.165, 1.54) is 12.1 Å². The van der Waals surface area contributed by atoms with Crippen molar-refractivity contribution in [1.82, 2.24) is 49.0 Å². The average molecular weight is 596 g/mol. The fourth-order valence-corrected chi connectivity index (χ4v) is 4.63. The molecular weight excluding hydrogens is 573 g/mol. The molecule has 0 saturated carbocycles. The van der Waals surface area contributed by atoms with Gasteiger partial charge >= 0.3 is 11.7 Å². The number of imidazole rings is 1. The van der Waals surface area contributed by atoms with Crippen LogP contribution in [0.2, 0.25) is 0 Å². The molecule has 6 aromatic rings. The van der Waals surface area contributed by atoms with E-state index in [-0.39, 0.29) is 32.9 Å². The van der Waals surface area contributed by atoms with Crippen LogP contribution < -0.4 is 22.3 Å². The lowest BCUT2D eigenvalue weighted by molar-refractivity contribution is 0.252. The fraction of sp³-hybridized carbons (Fsp3) is 0.111. The van der Waals surface area contributed by atoms with Gasteiger partial charge in [0.05, 0.1) is 17.9 Å². The van der Waals surface area contributed by atoms with Gasteiger partial charge in [-0.3, -0.25) is 9.89 Å². The number of carbonyl (C=O) groups is 1. The summed E-state index contributed by atoms with van der Waals surface area (Å²) in [5.41, 5.74) is 3.67. The molecule has 5 N–H and O–H groups in total. The number of benzene rings is 2. The third-order valence-corrected chi connectivity index (χ3v) is 6.55. The van der Waals surface area contributed by atoms with Crippen molar-refractivity contribution in [2.45, 2.75) is 6.54 Å². The first-order valence-corrected chi connectivity index (χ1v) is 12.9. The maximum absolute atomic E-state index is 15.2. The Labute approximate surface area is 245 Å². The molecule has 0 aliphatic carbocycles. The molecule has 17 heteroatoms. The first-order valence-electron chi connectivity index (χ1n) is 12.9. The van der Waals surface area contributed by atoms with E-state index in [1.807, 2.05) is 25.1 Å². The first-order chi connectivity index (χ1) is 21.1. The third kappa shape index (κ3) is 4.86. The molecule has 0 unspecified atom stereocenters. The summed E-state index contributed by atoms with van der Waals surface area (Å²) in [5, 5.41) is 22.6. The minimum atomic E-state index is -1.22. The highest BCUT2D eigenvalue weighted by Crippen LogP contribution is 2.23. The molecule has 0 bridgehead atoms. The fourth-order valence-electron chi connectivity index (χ4n) is 4.63. The van der Waals surface area contributed by atoms with Crippen molar-refractivity contribution in [1.29, 1.82) is 5.26 Å². The van der Waals surface area contributed by atoms with E-state index in [9.17, 15) is 19.6 Å². The lowest BCUT2D eigenvalue weighted by Crippen LogP contribution is -2.42. The number of nitrogen functional groups attached to an aromatic ring is 1. The molecule has 0 spiro atoms. The van der Waals surface area contributed by atoms with Gasteiger partial charge in [0, 0.05) is 29.7 Å². The first kappa shape index (κ1) is 27.7. The van der Waals surface area contributed by atoms with E-state index >= 15 is 4.39 Å². The van der Waals surface area contributed by atoms with Crippen molar-refractivity contribution >= 4 is 28.7 Å². The standard InChI is InChI=1S/C27H22FN13O3/c1-38(2)13-20-31-8-9-39(20)15-6-7-18(17(28)11-15)32-26(43)40-24(42)22-21(33-27(40)44)19(12-29)37-41(22)16-5-3-4-14(10-16)23-34-25(30)36-35-23/h3-11H,13H2,1-2H3,(H,32,43)(H,33,44)(H3,30,34,35,36). The number of halogens is 1. The van der Waals surface area contributed by atoms with Crippen molar-refractivity contribution in [3.8, 4) is 28.8 Å². The van der Waals surface area contributed by atoms with Crippen LogP contribution in [0.4, 0.5) is 20.8 Å². The predicted molar refractivity (Wildman–Crippen MR) is 156 cm³/mol. The zero-order chi connectivity index (χ0) is 31.1. The number of H-pyrrole nitrogens is 2. The number of hydrogen-bond donors (Lipinski definition) is 4. The number of fused-ring (bicyclic) bond motifs is 1. The Morgan fingerprint density at radius 3 is 2.70 bits per heavy atom. The highest BCUT2D eigenvalue weighted by Gasteiger charge is 2.23. The second kappa shape index (κ2) is 10.8. The van der Waals surface area contributed by atoms with E-state index in [0.717, 1.165) is 4.68 Å². The van der Waals surface area contributed by atoms with Crippen LogP contribution in [-0.4, -0.2) is 69.1 Å². The SMILES string of the molecule is CN(C)Cc1nccn1-c1ccc(NC(=O)n2c(=O)[nH]c3c(C#N)nn(-c4cccc(-c5nc(N)n[nH]5)c4)c3c2=O)c(F)c1. The van der Waals surface area contributed by atoms with Gasteiger partial charge in [0.25, 0.3) is 5.56 Å². The van der Waals surface area contributed by atoms with Gasteiger partial charge in [-0.25, -0.2) is 23.6 Å². The van der Waals surface area contributed by atoms with E-state index in [0.29, 0.717) is 35.1 Å². The Balaban J connectivity index is 1.38. The minimum Gasteiger partial charge on any atom is -0.366 e. The van der Waals surface area contributed by atoms with Crippen LogP contribution >= 0.6 is 0 Å². The van der Waals surface area contributed by atoms with Crippen LogP contribution in [0.3, 0.4) is 0 Å². The van der Waals surface area contributed by atoms with Crippen LogP contribution in [-0.2, 0) is 6.54 Å². The van der Waals surface area contributed by atoms with Gasteiger partial charge in [-0.15, -0.1) is 5.10 Å². The molecule has 0 aliphatic heterocycles. The number of amides is 1. The van der Waals surface area contributed by atoms with Gasteiger partial charge in [-0.1, -0.05) is 12.1 Å². The smallest absolute Gasteiger partial charge is 0.337 e. The molecule has 44 heavy (non-hydrogen) atoms. The minimum absolute atomic E-state index is 0.0232. The summed E-state index contributed by atoms with van der Waals surface area (Å²) in [6.07, 6.45) is 3.26. The summed E-state index contributed by atoms with van der Waals surface area (Å²) in [6.45, 7) is 0.504. The van der Waals surface area contributed by atoms with E-state index in [2.05, 4.69) is 35.6 Å². The van der Waals surface area contributed by atoms with E-state index in [1.54, 1.807) is 47.3 Å². The molecule has 4 aromatic heterocycles. The third-order valence-electron chi connectivity index (χ3n) is 6.55.